The van der Waals surface area contributed by atoms with E-state index < -0.39 is 0 Å². The van der Waals surface area contributed by atoms with Crippen LogP contribution in [0.1, 0.15) is 30.5 Å². The fourth-order valence-corrected chi connectivity index (χ4v) is 4.97. The van der Waals surface area contributed by atoms with Crippen LogP contribution in [-0.2, 0) is 11.2 Å². The minimum Gasteiger partial charge on any atom is -0.454 e. The van der Waals surface area contributed by atoms with Crippen LogP contribution >= 0.6 is 11.3 Å². The first-order valence-electron chi connectivity index (χ1n) is 10.8. The van der Waals surface area contributed by atoms with Crippen LogP contribution in [0.25, 0.3) is 10.2 Å². The molecule has 0 aliphatic carbocycles. The lowest BCUT2D eigenvalue weighted by molar-refractivity contribution is -0.118. The minimum atomic E-state index is 0.0412. The standard InChI is InChI=1S/C24H29N3O3S/c1-5-26(6-2)9-10-27(24-25-19-12-16(3)11-17(4)23(19)31-24)22(28)14-18-7-8-20-21(13-18)30-15-29-20/h7-8,11-13H,5-6,9-10,14-15H2,1-4H3. The van der Waals surface area contributed by atoms with E-state index in [1.54, 1.807) is 11.3 Å². The van der Waals surface area contributed by atoms with E-state index in [1.807, 2.05) is 23.1 Å². The number of carbonyl (C=O) groups is 1. The molecule has 0 spiro atoms. The van der Waals surface area contributed by atoms with Crippen molar-refractivity contribution >= 4 is 32.6 Å². The third-order valence-electron chi connectivity index (χ3n) is 5.67. The Morgan fingerprint density at radius 3 is 2.61 bits per heavy atom. The highest BCUT2D eigenvalue weighted by molar-refractivity contribution is 7.22. The Morgan fingerprint density at radius 1 is 1.06 bits per heavy atom. The SMILES string of the molecule is CCN(CC)CCN(C(=O)Cc1ccc2c(c1)OCO2)c1nc2cc(C)cc(C)c2s1. The number of likely N-dealkylation sites (N-methyl/N-ethyl adjacent to an activating group) is 1. The zero-order chi connectivity index (χ0) is 22.0. The number of ether oxygens (including phenoxy) is 2. The summed E-state index contributed by atoms with van der Waals surface area (Å²) in [5.74, 6) is 1.47. The molecular formula is C24H29N3O3S. The van der Waals surface area contributed by atoms with Gasteiger partial charge in [-0.15, -0.1) is 0 Å². The minimum absolute atomic E-state index is 0.0412. The summed E-state index contributed by atoms with van der Waals surface area (Å²) in [5.41, 5.74) is 4.25. The van der Waals surface area contributed by atoms with Gasteiger partial charge >= 0.3 is 0 Å². The average Bonchev–Trinajstić information content (AvgIpc) is 3.37. The number of hydrogen-bond acceptors (Lipinski definition) is 6. The highest BCUT2D eigenvalue weighted by atomic mass is 32.1. The smallest absolute Gasteiger partial charge is 0.233 e. The van der Waals surface area contributed by atoms with E-state index in [0.717, 1.165) is 46.3 Å². The molecule has 0 N–H and O–H groups in total. The molecule has 3 aromatic rings. The molecule has 2 aromatic carbocycles. The Labute approximate surface area is 187 Å². The van der Waals surface area contributed by atoms with E-state index in [9.17, 15) is 4.79 Å². The van der Waals surface area contributed by atoms with Crippen LogP contribution in [-0.4, -0.2) is 48.8 Å². The monoisotopic (exact) mass is 439 g/mol. The number of benzene rings is 2. The van der Waals surface area contributed by atoms with Gasteiger partial charge in [-0.2, -0.15) is 0 Å². The van der Waals surface area contributed by atoms with Crippen LogP contribution in [0.15, 0.2) is 30.3 Å². The maximum absolute atomic E-state index is 13.4. The molecule has 4 rings (SSSR count). The number of aromatic nitrogens is 1. The van der Waals surface area contributed by atoms with E-state index >= 15 is 0 Å². The number of anilines is 1. The molecule has 0 atom stereocenters. The lowest BCUT2D eigenvalue weighted by atomic mass is 10.1. The van der Waals surface area contributed by atoms with Gasteiger partial charge in [0.1, 0.15) is 0 Å². The largest absolute Gasteiger partial charge is 0.454 e. The summed E-state index contributed by atoms with van der Waals surface area (Å²) in [6.45, 7) is 12.0. The second kappa shape index (κ2) is 9.24. The molecule has 1 aromatic heterocycles. The van der Waals surface area contributed by atoms with Crippen molar-refractivity contribution in [3.63, 3.8) is 0 Å². The van der Waals surface area contributed by atoms with Crippen molar-refractivity contribution in [3.8, 4) is 11.5 Å². The molecule has 1 amide bonds. The fraction of sp³-hybridized carbons (Fsp3) is 0.417. The van der Waals surface area contributed by atoms with Crippen LogP contribution in [0, 0.1) is 13.8 Å². The zero-order valence-corrected chi connectivity index (χ0v) is 19.4. The zero-order valence-electron chi connectivity index (χ0n) is 18.6. The van der Waals surface area contributed by atoms with Crippen LogP contribution in [0.2, 0.25) is 0 Å². The third-order valence-corrected chi connectivity index (χ3v) is 6.90. The van der Waals surface area contributed by atoms with Crippen LogP contribution in [0.5, 0.6) is 11.5 Å². The number of hydrogen-bond donors (Lipinski definition) is 0. The molecule has 1 aliphatic heterocycles. The quantitative estimate of drug-likeness (QED) is 0.515. The molecule has 0 fully saturated rings. The van der Waals surface area contributed by atoms with Crippen molar-refractivity contribution < 1.29 is 14.3 Å². The number of aryl methyl sites for hydroxylation is 2. The Morgan fingerprint density at radius 2 is 1.84 bits per heavy atom. The average molecular weight is 440 g/mol. The molecule has 2 heterocycles. The van der Waals surface area contributed by atoms with Gasteiger partial charge in [0.2, 0.25) is 12.7 Å². The van der Waals surface area contributed by atoms with E-state index in [1.165, 1.54) is 11.1 Å². The summed E-state index contributed by atoms with van der Waals surface area (Å²) in [7, 11) is 0. The van der Waals surface area contributed by atoms with Gasteiger partial charge < -0.3 is 14.4 Å². The molecule has 6 nitrogen and oxygen atoms in total. The summed E-state index contributed by atoms with van der Waals surface area (Å²) < 4.78 is 12.0. The lowest BCUT2D eigenvalue weighted by Gasteiger charge is -2.24. The molecule has 164 valence electrons. The molecule has 1 aliphatic rings. The Balaban J connectivity index is 1.62. The molecular weight excluding hydrogens is 410 g/mol. The Hall–Kier alpha value is -2.64. The summed E-state index contributed by atoms with van der Waals surface area (Å²) in [6, 6.07) is 9.95. The maximum Gasteiger partial charge on any atom is 0.233 e. The maximum atomic E-state index is 13.4. The van der Waals surface area contributed by atoms with Gasteiger partial charge in [0.15, 0.2) is 16.6 Å². The first-order chi connectivity index (χ1) is 15.0. The second-order valence-electron chi connectivity index (χ2n) is 7.86. The predicted molar refractivity (Wildman–Crippen MR) is 126 cm³/mol. The van der Waals surface area contributed by atoms with Crippen molar-refractivity contribution in [1.82, 2.24) is 9.88 Å². The fourth-order valence-electron chi connectivity index (χ4n) is 3.91. The Kier molecular flexibility index (Phi) is 6.43. The van der Waals surface area contributed by atoms with Crippen molar-refractivity contribution in [3.05, 3.63) is 47.0 Å². The van der Waals surface area contributed by atoms with Crippen molar-refractivity contribution in [1.29, 1.82) is 0 Å². The summed E-state index contributed by atoms with van der Waals surface area (Å²) >= 11 is 1.60. The molecule has 0 bridgehead atoms. The number of nitrogens with zero attached hydrogens (tertiary/aromatic N) is 3. The number of thiazole rings is 1. The van der Waals surface area contributed by atoms with E-state index in [-0.39, 0.29) is 12.7 Å². The van der Waals surface area contributed by atoms with Crippen LogP contribution in [0.3, 0.4) is 0 Å². The normalized spacial score (nSPS) is 12.7. The van der Waals surface area contributed by atoms with Crippen LogP contribution in [0.4, 0.5) is 5.13 Å². The highest BCUT2D eigenvalue weighted by Gasteiger charge is 2.22. The summed E-state index contributed by atoms with van der Waals surface area (Å²) in [5, 5.41) is 0.765. The van der Waals surface area contributed by atoms with Gasteiger partial charge in [-0.1, -0.05) is 37.3 Å². The molecule has 0 radical (unpaired) electrons. The predicted octanol–water partition coefficient (Wildman–Crippen LogP) is 4.56. The van der Waals surface area contributed by atoms with E-state index in [0.29, 0.717) is 18.7 Å². The first kappa shape index (κ1) is 21.6. The first-order valence-corrected chi connectivity index (χ1v) is 11.6. The topological polar surface area (TPSA) is 54.9 Å². The molecule has 31 heavy (non-hydrogen) atoms. The van der Waals surface area contributed by atoms with Gasteiger partial charge in [0.25, 0.3) is 0 Å². The Bertz CT molecular complexity index is 1090. The lowest BCUT2D eigenvalue weighted by Crippen LogP contribution is -2.39. The highest BCUT2D eigenvalue weighted by Crippen LogP contribution is 2.34. The van der Waals surface area contributed by atoms with Crippen molar-refractivity contribution in [2.24, 2.45) is 0 Å². The van der Waals surface area contributed by atoms with Crippen molar-refractivity contribution in [2.75, 3.05) is 37.9 Å². The van der Waals surface area contributed by atoms with E-state index in [2.05, 4.69) is 44.7 Å². The molecule has 0 saturated heterocycles. The molecule has 0 unspecified atom stereocenters. The third kappa shape index (κ3) is 4.67. The number of amides is 1. The molecule has 7 heteroatoms. The van der Waals surface area contributed by atoms with Gasteiger partial charge in [-0.25, -0.2) is 4.98 Å². The van der Waals surface area contributed by atoms with E-state index in [4.69, 9.17) is 14.5 Å². The number of rotatable bonds is 8. The summed E-state index contributed by atoms with van der Waals surface area (Å²) in [6.07, 6.45) is 0.294. The molecule has 0 saturated carbocycles. The van der Waals surface area contributed by atoms with Gasteiger partial charge in [-0.05, 0) is 61.8 Å². The second-order valence-corrected chi connectivity index (χ2v) is 8.84. The van der Waals surface area contributed by atoms with Gasteiger partial charge in [0.05, 0.1) is 16.6 Å². The van der Waals surface area contributed by atoms with Gasteiger partial charge in [-0.3, -0.25) is 9.69 Å². The van der Waals surface area contributed by atoms with Crippen LogP contribution < -0.4 is 14.4 Å². The number of fused-ring (bicyclic) bond motifs is 2. The van der Waals surface area contributed by atoms with Gasteiger partial charge in [0, 0.05) is 13.1 Å². The number of carbonyl (C=O) groups excluding carboxylic acids is 1. The van der Waals surface area contributed by atoms with Crippen molar-refractivity contribution in [2.45, 2.75) is 34.1 Å². The summed E-state index contributed by atoms with van der Waals surface area (Å²) in [4.78, 5) is 22.5.